The topological polar surface area (TPSA) is 17.1 Å². The van der Waals surface area contributed by atoms with Crippen molar-refractivity contribution in [1.82, 2.24) is 0 Å². The summed E-state index contributed by atoms with van der Waals surface area (Å²) in [5.41, 5.74) is 0. The van der Waals surface area contributed by atoms with Crippen LogP contribution in [0.25, 0.3) is 0 Å². The third-order valence-electron chi connectivity index (χ3n) is 2.77. The highest BCUT2D eigenvalue weighted by Crippen LogP contribution is 2.13. The van der Waals surface area contributed by atoms with E-state index in [1.165, 1.54) is 44.9 Å². The fraction of sp³-hybridized carbons (Fsp3) is 0.923. The smallest absolute Gasteiger partial charge is 0.165 e. The fourth-order valence-electron chi connectivity index (χ4n) is 1.72. The number of rotatable bonds is 11. The molecule has 1 nitrogen and oxygen atoms in total. The maximum atomic E-state index is 11.1. The predicted octanol–water partition coefficient (Wildman–Crippen LogP) is 5.28. The molecule has 0 radical (unpaired) electrons. The second-order valence-electron chi connectivity index (χ2n) is 4.35. The first-order valence-electron chi connectivity index (χ1n) is 6.49. The lowest BCUT2D eigenvalue weighted by Gasteiger charge is -2.02. The van der Waals surface area contributed by atoms with Crippen LogP contribution in [0.15, 0.2) is 0 Å². The molecular weight excluding hydrogens is 243 g/mol. The van der Waals surface area contributed by atoms with Gasteiger partial charge in [0.15, 0.2) is 10.6 Å². The van der Waals surface area contributed by atoms with Crippen LogP contribution in [-0.2, 0) is 4.79 Å². The molecule has 0 bridgehead atoms. The Morgan fingerprint density at radius 1 is 0.875 bits per heavy atom. The molecule has 0 aromatic heterocycles. The van der Waals surface area contributed by atoms with Crippen LogP contribution in [-0.4, -0.2) is 10.6 Å². The molecule has 0 heterocycles. The van der Waals surface area contributed by atoms with Crippen molar-refractivity contribution in [2.24, 2.45) is 0 Å². The monoisotopic (exact) mass is 266 g/mol. The van der Waals surface area contributed by atoms with Gasteiger partial charge in [0, 0.05) is 6.42 Å². The quantitative estimate of drug-likeness (QED) is 0.367. The molecule has 3 heteroatoms. The molecule has 0 aromatic carbocycles. The van der Waals surface area contributed by atoms with Gasteiger partial charge in [0.1, 0.15) is 0 Å². The van der Waals surface area contributed by atoms with Gasteiger partial charge in [-0.2, -0.15) is 0 Å². The number of Topliss-reactive ketones (excluding diaryl/α,β-unsaturated/α-hetero) is 1. The van der Waals surface area contributed by atoms with Gasteiger partial charge in [0.2, 0.25) is 0 Å². The van der Waals surface area contributed by atoms with Crippen LogP contribution in [0.3, 0.4) is 0 Å². The summed E-state index contributed by atoms with van der Waals surface area (Å²) < 4.78 is 0. The molecule has 0 saturated carbocycles. The molecule has 16 heavy (non-hydrogen) atoms. The number of carbonyl (C=O) groups is 1. The highest BCUT2D eigenvalue weighted by molar-refractivity contribution is 6.53. The maximum absolute atomic E-state index is 11.1. The van der Waals surface area contributed by atoms with E-state index in [-0.39, 0.29) is 5.78 Å². The van der Waals surface area contributed by atoms with Gasteiger partial charge < -0.3 is 0 Å². The number of hydrogen-bond donors (Lipinski definition) is 0. The Bertz CT molecular complexity index is 169. The molecule has 0 rings (SSSR count). The average molecular weight is 267 g/mol. The summed E-state index contributed by atoms with van der Waals surface area (Å²) in [7, 11) is 0. The molecule has 0 aromatic rings. The molecule has 96 valence electrons. The highest BCUT2D eigenvalue weighted by Gasteiger charge is 2.09. The number of unbranched alkanes of at least 4 members (excludes halogenated alkanes) is 8. The largest absolute Gasteiger partial charge is 0.297 e. The Labute approximate surface area is 110 Å². The van der Waals surface area contributed by atoms with Crippen molar-refractivity contribution >= 4 is 29.0 Å². The number of ketones is 1. The molecule has 0 N–H and O–H groups in total. The summed E-state index contributed by atoms with van der Waals surface area (Å²) in [6, 6.07) is 0. The van der Waals surface area contributed by atoms with Gasteiger partial charge >= 0.3 is 0 Å². The van der Waals surface area contributed by atoms with Gasteiger partial charge in [-0.1, -0.05) is 81.5 Å². The summed E-state index contributed by atoms with van der Waals surface area (Å²) in [5, 5.41) is 0. The van der Waals surface area contributed by atoms with E-state index in [0.717, 1.165) is 12.8 Å². The lowest BCUT2D eigenvalue weighted by molar-refractivity contribution is -0.117. The van der Waals surface area contributed by atoms with Crippen LogP contribution in [0.5, 0.6) is 0 Å². The number of hydrogen-bond acceptors (Lipinski definition) is 1. The van der Waals surface area contributed by atoms with E-state index in [1.807, 2.05) is 0 Å². The molecule has 0 spiro atoms. The lowest BCUT2D eigenvalue weighted by Crippen LogP contribution is -2.06. The van der Waals surface area contributed by atoms with Crippen LogP contribution in [0.1, 0.15) is 71.1 Å². The third-order valence-corrected chi connectivity index (χ3v) is 3.26. The predicted molar refractivity (Wildman–Crippen MR) is 72.3 cm³/mol. The number of alkyl halides is 2. The van der Waals surface area contributed by atoms with Crippen molar-refractivity contribution in [1.29, 1.82) is 0 Å². The Morgan fingerprint density at radius 3 is 1.75 bits per heavy atom. The van der Waals surface area contributed by atoms with E-state index in [9.17, 15) is 4.79 Å². The minimum atomic E-state index is -0.825. The zero-order valence-electron chi connectivity index (χ0n) is 10.3. The Kier molecular flexibility index (Phi) is 11.9. The first kappa shape index (κ1) is 16.2. The van der Waals surface area contributed by atoms with E-state index >= 15 is 0 Å². The number of carbonyl (C=O) groups excluding carboxylic acids is 1. The Morgan fingerprint density at radius 2 is 1.31 bits per heavy atom. The summed E-state index contributed by atoms with van der Waals surface area (Å²) >= 11 is 10.9. The van der Waals surface area contributed by atoms with E-state index in [1.54, 1.807) is 0 Å². The van der Waals surface area contributed by atoms with Crippen molar-refractivity contribution in [2.75, 3.05) is 0 Å². The van der Waals surface area contributed by atoms with Gasteiger partial charge in [-0.15, -0.1) is 0 Å². The van der Waals surface area contributed by atoms with Gasteiger partial charge in [0.25, 0.3) is 0 Å². The van der Waals surface area contributed by atoms with Gasteiger partial charge in [0.05, 0.1) is 0 Å². The Balaban J connectivity index is 3.07. The Hall–Kier alpha value is 0.250. The molecule has 0 atom stereocenters. The van der Waals surface area contributed by atoms with Gasteiger partial charge in [-0.05, 0) is 6.42 Å². The second-order valence-corrected chi connectivity index (χ2v) is 5.44. The van der Waals surface area contributed by atoms with Crippen LogP contribution in [0.2, 0.25) is 0 Å². The second kappa shape index (κ2) is 11.7. The molecule has 0 unspecified atom stereocenters. The van der Waals surface area contributed by atoms with E-state index in [0.29, 0.717) is 6.42 Å². The molecule has 0 aliphatic heterocycles. The van der Waals surface area contributed by atoms with Crippen molar-refractivity contribution in [3.63, 3.8) is 0 Å². The molecule has 0 amide bonds. The van der Waals surface area contributed by atoms with Crippen molar-refractivity contribution in [2.45, 2.75) is 76.0 Å². The highest BCUT2D eigenvalue weighted by atomic mass is 35.5. The van der Waals surface area contributed by atoms with E-state index < -0.39 is 4.84 Å². The van der Waals surface area contributed by atoms with Crippen LogP contribution >= 0.6 is 23.2 Å². The summed E-state index contributed by atoms with van der Waals surface area (Å²) in [6.07, 6.45) is 11.9. The molecule has 0 fully saturated rings. The van der Waals surface area contributed by atoms with Crippen molar-refractivity contribution in [3.05, 3.63) is 0 Å². The van der Waals surface area contributed by atoms with E-state index in [4.69, 9.17) is 23.2 Å². The standard InChI is InChI=1S/C13H24Cl2O/c1-2-3-4-5-6-7-8-9-10-11-12(16)13(14)15/h13H,2-11H2,1H3. The summed E-state index contributed by atoms with van der Waals surface area (Å²) in [4.78, 5) is 10.3. The number of halogens is 2. The minimum absolute atomic E-state index is 0.0359. The first-order chi connectivity index (χ1) is 7.68. The third kappa shape index (κ3) is 10.8. The molecule has 0 aliphatic rings. The molecule has 0 aliphatic carbocycles. The first-order valence-corrected chi connectivity index (χ1v) is 7.36. The zero-order valence-corrected chi connectivity index (χ0v) is 11.8. The van der Waals surface area contributed by atoms with E-state index in [2.05, 4.69) is 6.92 Å². The lowest BCUT2D eigenvalue weighted by atomic mass is 10.1. The summed E-state index contributed by atoms with van der Waals surface area (Å²) in [5.74, 6) is -0.0359. The molecule has 0 saturated heterocycles. The van der Waals surface area contributed by atoms with Gasteiger partial charge in [-0.3, -0.25) is 4.79 Å². The minimum Gasteiger partial charge on any atom is -0.297 e. The fourth-order valence-corrected chi connectivity index (χ4v) is 1.94. The average Bonchev–Trinajstić information content (AvgIpc) is 2.26. The van der Waals surface area contributed by atoms with Crippen LogP contribution in [0.4, 0.5) is 0 Å². The normalized spacial score (nSPS) is 11.0. The van der Waals surface area contributed by atoms with Crippen LogP contribution in [0, 0.1) is 0 Å². The van der Waals surface area contributed by atoms with Gasteiger partial charge in [-0.25, -0.2) is 0 Å². The maximum Gasteiger partial charge on any atom is 0.165 e. The van der Waals surface area contributed by atoms with Crippen molar-refractivity contribution in [3.8, 4) is 0 Å². The van der Waals surface area contributed by atoms with Crippen molar-refractivity contribution < 1.29 is 4.79 Å². The SMILES string of the molecule is CCCCCCCCCCCC(=O)C(Cl)Cl. The summed E-state index contributed by atoms with van der Waals surface area (Å²) in [6.45, 7) is 2.23. The molecular formula is C13H24Cl2O. The zero-order chi connectivity index (χ0) is 12.2. The van der Waals surface area contributed by atoms with Crippen LogP contribution < -0.4 is 0 Å².